The van der Waals surface area contributed by atoms with E-state index in [4.69, 9.17) is 0 Å². The molecule has 7 heteroatoms. The first-order chi connectivity index (χ1) is 13.9. The molecule has 2 aromatic rings. The van der Waals surface area contributed by atoms with Crippen molar-refractivity contribution in [1.29, 1.82) is 0 Å². The van der Waals surface area contributed by atoms with Crippen molar-refractivity contribution < 1.29 is 17.6 Å². The van der Waals surface area contributed by atoms with Crippen molar-refractivity contribution in [1.82, 2.24) is 9.21 Å². The number of rotatable bonds is 7. The number of piperidine rings is 1. The van der Waals surface area contributed by atoms with E-state index in [0.717, 1.165) is 25.0 Å². The number of hydrogen-bond acceptors (Lipinski definition) is 3. The molecule has 0 atom stereocenters. The Morgan fingerprint density at radius 1 is 1.07 bits per heavy atom. The third-order valence-electron chi connectivity index (χ3n) is 5.43. The number of halogens is 1. The average molecular weight is 419 g/mol. The first-order valence-corrected chi connectivity index (χ1v) is 11.4. The van der Waals surface area contributed by atoms with Crippen molar-refractivity contribution in [3.05, 3.63) is 66.0 Å². The van der Waals surface area contributed by atoms with E-state index in [1.54, 1.807) is 4.90 Å². The molecule has 1 fully saturated rings. The van der Waals surface area contributed by atoms with Gasteiger partial charge < -0.3 is 4.90 Å². The van der Waals surface area contributed by atoms with E-state index in [1.807, 2.05) is 25.2 Å². The first-order valence-electron chi connectivity index (χ1n) is 9.92. The summed E-state index contributed by atoms with van der Waals surface area (Å²) in [5.41, 5.74) is 1.26. The molecule has 0 bridgehead atoms. The van der Waals surface area contributed by atoms with Crippen LogP contribution in [0.25, 0.3) is 0 Å². The van der Waals surface area contributed by atoms with E-state index in [9.17, 15) is 17.6 Å². The van der Waals surface area contributed by atoms with E-state index in [-0.39, 0.29) is 16.7 Å². The third-order valence-corrected chi connectivity index (χ3v) is 7.35. The summed E-state index contributed by atoms with van der Waals surface area (Å²) in [7, 11) is -1.84. The van der Waals surface area contributed by atoms with Crippen LogP contribution in [0.1, 0.15) is 24.8 Å². The second kappa shape index (κ2) is 9.50. The Labute approximate surface area is 172 Å². The molecular weight excluding hydrogens is 391 g/mol. The Hall–Kier alpha value is -2.25. The third kappa shape index (κ3) is 5.42. The van der Waals surface area contributed by atoms with Crippen molar-refractivity contribution in [3.8, 4) is 0 Å². The van der Waals surface area contributed by atoms with Crippen LogP contribution in [0, 0.1) is 11.7 Å². The molecule has 0 aliphatic carbocycles. The highest BCUT2D eigenvalue weighted by atomic mass is 32.2. The summed E-state index contributed by atoms with van der Waals surface area (Å²) in [6.45, 7) is 1.28. The minimum absolute atomic E-state index is 0.0805. The topological polar surface area (TPSA) is 57.7 Å². The van der Waals surface area contributed by atoms with Crippen LogP contribution >= 0.6 is 0 Å². The summed E-state index contributed by atoms with van der Waals surface area (Å²) in [5, 5.41) is 0. The van der Waals surface area contributed by atoms with Crippen LogP contribution < -0.4 is 0 Å². The number of hydrogen-bond donors (Lipinski definition) is 0. The fourth-order valence-corrected chi connectivity index (χ4v) is 5.16. The molecule has 1 aliphatic heterocycles. The quantitative estimate of drug-likeness (QED) is 0.693. The number of aryl methyl sites for hydroxylation is 1. The highest BCUT2D eigenvalue weighted by Gasteiger charge is 2.33. The van der Waals surface area contributed by atoms with Crippen molar-refractivity contribution in [2.75, 3.05) is 26.7 Å². The second-order valence-corrected chi connectivity index (χ2v) is 9.42. The van der Waals surface area contributed by atoms with Crippen LogP contribution in [0.5, 0.6) is 0 Å². The fraction of sp³-hybridized carbons (Fsp3) is 0.409. The SMILES string of the molecule is CN(CCCc1ccccc1)C(=O)C1CCN(S(=O)(=O)c2ccc(F)cc2)CC1. The highest BCUT2D eigenvalue weighted by Crippen LogP contribution is 2.25. The normalized spacial score (nSPS) is 15.9. The predicted molar refractivity (Wildman–Crippen MR) is 110 cm³/mol. The zero-order valence-corrected chi connectivity index (χ0v) is 17.4. The molecule has 0 unspecified atom stereocenters. The lowest BCUT2D eigenvalue weighted by Gasteiger charge is -2.32. The smallest absolute Gasteiger partial charge is 0.243 e. The lowest BCUT2D eigenvalue weighted by Crippen LogP contribution is -2.43. The molecule has 1 aliphatic rings. The number of benzene rings is 2. The number of nitrogens with zero attached hydrogens (tertiary/aromatic N) is 2. The zero-order valence-electron chi connectivity index (χ0n) is 16.6. The lowest BCUT2D eigenvalue weighted by molar-refractivity contribution is -0.135. The van der Waals surface area contributed by atoms with Crippen LogP contribution in [0.3, 0.4) is 0 Å². The van der Waals surface area contributed by atoms with Gasteiger partial charge in [-0.15, -0.1) is 0 Å². The largest absolute Gasteiger partial charge is 0.346 e. The van der Waals surface area contributed by atoms with E-state index in [1.165, 1.54) is 22.0 Å². The molecule has 2 aromatic carbocycles. The van der Waals surface area contributed by atoms with Gasteiger partial charge in [-0.2, -0.15) is 4.31 Å². The first kappa shape index (κ1) is 21.5. The Bertz CT molecular complexity index is 909. The molecular formula is C22H27FN2O3S. The molecule has 1 saturated heterocycles. The van der Waals surface area contributed by atoms with Crippen LogP contribution in [-0.2, 0) is 21.2 Å². The zero-order chi connectivity index (χ0) is 20.9. The number of carbonyl (C=O) groups excluding carboxylic acids is 1. The van der Waals surface area contributed by atoms with Crippen molar-refractivity contribution in [2.24, 2.45) is 5.92 Å². The minimum Gasteiger partial charge on any atom is -0.346 e. The molecule has 0 saturated carbocycles. The summed E-state index contributed by atoms with van der Waals surface area (Å²) in [6, 6.07) is 15.0. The Balaban J connectivity index is 1.49. The van der Waals surface area contributed by atoms with E-state index in [2.05, 4.69) is 12.1 Å². The number of amides is 1. The molecule has 29 heavy (non-hydrogen) atoms. The molecule has 0 N–H and O–H groups in total. The molecule has 0 spiro atoms. The summed E-state index contributed by atoms with van der Waals surface area (Å²) in [6.07, 6.45) is 2.82. The van der Waals surface area contributed by atoms with Gasteiger partial charge in [0.2, 0.25) is 15.9 Å². The van der Waals surface area contributed by atoms with Gasteiger partial charge in [-0.3, -0.25) is 4.79 Å². The van der Waals surface area contributed by atoms with Gasteiger partial charge in [-0.25, -0.2) is 12.8 Å². The summed E-state index contributed by atoms with van der Waals surface area (Å²) >= 11 is 0. The fourth-order valence-electron chi connectivity index (χ4n) is 3.69. The number of carbonyl (C=O) groups is 1. The highest BCUT2D eigenvalue weighted by molar-refractivity contribution is 7.89. The van der Waals surface area contributed by atoms with Crippen LogP contribution in [-0.4, -0.2) is 50.2 Å². The van der Waals surface area contributed by atoms with Crippen molar-refractivity contribution in [2.45, 2.75) is 30.6 Å². The summed E-state index contributed by atoms with van der Waals surface area (Å²) in [5.74, 6) is -0.545. The molecule has 1 amide bonds. The second-order valence-electron chi connectivity index (χ2n) is 7.48. The summed E-state index contributed by atoms with van der Waals surface area (Å²) in [4.78, 5) is 14.6. The van der Waals surface area contributed by atoms with Gasteiger partial charge in [0.1, 0.15) is 5.82 Å². The van der Waals surface area contributed by atoms with Crippen LogP contribution in [0.2, 0.25) is 0 Å². The molecule has 156 valence electrons. The molecule has 0 radical (unpaired) electrons. The molecule has 5 nitrogen and oxygen atoms in total. The minimum atomic E-state index is -3.65. The predicted octanol–water partition coefficient (Wildman–Crippen LogP) is 3.32. The number of sulfonamides is 1. The Morgan fingerprint density at radius 3 is 2.31 bits per heavy atom. The average Bonchev–Trinajstić information content (AvgIpc) is 2.74. The Kier molecular flexibility index (Phi) is 7.03. The van der Waals surface area contributed by atoms with E-state index < -0.39 is 15.8 Å². The van der Waals surface area contributed by atoms with Gasteiger partial charge >= 0.3 is 0 Å². The van der Waals surface area contributed by atoms with Gasteiger partial charge in [0.25, 0.3) is 0 Å². The van der Waals surface area contributed by atoms with Gasteiger partial charge in [0.05, 0.1) is 4.90 Å². The lowest BCUT2D eigenvalue weighted by atomic mass is 9.96. The van der Waals surface area contributed by atoms with Crippen molar-refractivity contribution in [3.63, 3.8) is 0 Å². The maximum Gasteiger partial charge on any atom is 0.243 e. The van der Waals surface area contributed by atoms with Crippen molar-refractivity contribution >= 4 is 15.9 Å². The monoisotopic (exact) mass is 418 g/mol. The van der Waals surface area contributed by atoms with Gasteiger partial charge in [0, 0.05) is 32.6 Å². The van der Waals surface area contributed by atoms with Crippen LogP contribution in [0.4, 0.5) is 4.39 Å². The van der Waals surface area contributed by atoms with E-state index in [0.29, 0.717) is 32.5 Å². The van der Waals surface area contributed by atoms with E-state index >= 15 is 0 Å². The molecule has 3 rings (SSSR count). The summed E-state index contributed by atoms with van der Waals surface area (Å²) < 4.78 is 39.8. The van der Waals surface area contributed by atoms with Gasteiger partial charge in [-0.1, -0.05) is 30.3 Å². The van der Waals surface area contributed by atoms with Gasteiger partial charge in [0.15, 0.2) is 0 Å². The molecule has 1 heterocycles. The maximum atomic E-state index is 13.1. The Morgan fingerprint density at radius 2 is 1.69 bits per heavy atom. The van der Waals surface area contributed by atoms with Crippen LogP contribution in [0.15, 0.2) is 59.5 Å². The standard InChI is InChI=1S/C22H27FN2O3S/c1-24(15-5-8-18-6-3-2-4-7-18)22(26)19-13-16-25(17-14-19)29(27,28)21-11-9-20(23)10-12-21/h2-4,6-7,9-12,19H,5,8,13-17H2,1H3. The molecule has 0 aromatic heterocycles. The maximum absolute atomic E-state index is 13.1. The van der Waals surface area contributed by atoms with Gasteiger partial charge in [-0.05, 0) is 55.5 Å².